The molecule has 3 aliphatic rings. The van der Waals surface area contributed by atoms with Crippen molar-refractivity contribution in [3.8, 4) is 0 Å². The molecular formula is C13H21NO3. The first-order valence-corrected chi connectivity index (χ1v) is 6.77. The Kier molecular flexibility index (Phi) is 3.09. The highest BCUT2D eigenvalue weighted by atomic mass is 16.5. The quantitative estimate of drug-likeness (QED) is 0.690. The van der Waals surface area contributed by atoms with Crippen LogP contribution in [0.4, 0.5) is 0 Å². The second kappa shape index (κ2) is 4.58. The van der Waals surface area contributed by atoms with E-state index in [0.29, 0.717) is 0 Å². The van der Waals surface area contributed by atoms with Gasteiger partial charge in [0.1, 0.15) is 6.10 Å². The van der Waals surface area contributed by atoms with Crippen LogP contribution in [0.1, 0.15) is 32.1 Å². The SMILES string of the molecule is O=C([C@@H]1CCCO1)N1CC[C@]2(CCCOC2)C1. The van der Waals surface area contributed by atoms with Crippen LogP contribution >= 0.6 is 0 Å². The largest absolute Gasteiger partial charge is 0.381 e. The molecule has 0 saturated carbocycles. The van der Waals surface area contributed by atoms with E-state index in [9.17, 15) is 4.79 Å². The lowest BCUT2D eigenvalue weighted by atomic mass is 9.82. The molecule has 2 atom stereocenters. The molecular weight excluding hydrogens is 218 g/mol. The summed E-state index contributed by atoms with van der Waals surface area (Å²) in [5.41, 5.74) is 0.256. The predicted molar refractivity (Wildman–Crippen MR) is 62.7 cm³/mol. The second-order valence-corrected chi connectivity index (χ2v) is 5.67. The Labute approximate surface area is 102 Å². The highest BCUT2D eigenvalue weighted by molar-refractivity contribution is 5.81. The topological polar surface area (TPSA) is 38.8 Å². The molecule has 1 spiro atoms. The molecule has 4 heteroatoms. The summed E-state index contributed by atoms with van der Waals surface area (Å²) < 4.78 is 11.1. The number of nitrogens with zero attached hydrogens (tertiary/aromatic N) is 1. The maximum atomic E-state index is 12.2. The van der Waals surface area contributed by atoms with Crippen molar-refractivity contribution in [3.05, 3.63) is 0 Å². The van der Waals surface area contributed by atoms with Crippen molar-refractivity contribution in [1.82, 2.24) is 4.90 Å². The van der Waals surface area contributed by atoms with Crippen LogP contribution in [-0.2, 0) is 14.3 Å². The lowest BCUT2D eigenvalue weighted by Gasteiger charge is -2.33. The maximum absolute atomic E-state index is 12.2. The number of likely N-dealkylation sites (tertiary alicyclic amines) is 1. The first-order chi connectivity index (χ1) is 8.29. The van der Waals surface area contributed by atoms with E-state index in [-0.39, 0.29) is 17.4 Å². The third-order valence-corrected chi connectivity index (χ3v) is 4.36. The standard InChI is InChI=1S/C13H21NO3/c15-12(11-3-1-8-17-11)14-6-5-13(9-14)4-2-7-16-10-13/h11H,1-10H2/t11-,13+/m0/s1. The minimum atomic E-state index is -0.158. The number of amides is 1. The van der Waals surface area contributed by atoms with Gasteiger partial charge in [0.15, 0.2) is 0 Å². The van der Waals surface area contributed by atoms with Crippen molar-refractivity contribution in [2.45, 2.75) is 38.2 Å². The van der Waals surface area contributed by atoms with E-state index in [0.717, 1.165) is 58.6 Å². The van der Waals surface area contributed by atoms with E-state index in [1.54, 1.807) is 0 Å². The Hall–Kier alpha value is -0.610. The van der Waals surface area contributed by atoms with Gasteiger partial charge in [0.2, 0.25) is 0 Å². The number of rotatable bonds is 1. The lowest BCUT2D eigenvalue weighted by Crippen LogP contribution is -2.41. The van der Waals surface area contributed by atoms with E-state index >= 15 is 0 Å². The van der Waals surface area contributed by atoms with Crippen LogP contribution in [0.2, 0.25) is 0 Å². The molecule has 0 aromatic carbocycles. The Morgan fingerprint density at radius 3 is 2.88 bits per heavy atom. The Balaban J connectivity index is 1.60. The zero-order valence-corrected chi connectivity index (χ0v) is 10.3. The molecule has 0 aromatic heterocycles. The predicted octanol–water partition coefficient (Wildman–Crippen LogP) is 1.19. The first kappa shape index (κ1) is 11.5. The van der Waals surface area contributed by atoms with Gasteiger partial charge in [-0.2, -0.15) is 0 Å². The van der Waals surface area contributed by atoms with E-state index in [4.69, 9.17) is 9.47 Å². The Bertz CT molecular complexity index is 293. The first-order valence-electron chi connectivity index (χ1n) is 6.77. The number of hydrogen-bond donors (Lipinski definition) is 0. The molecule has 17 heavy (non-hydrogen) atoms. The van der Waals surface area contributed by atoms with Crippen LogP contribution in [0.15, 0.2) is 0 Å². The van der Waals surface area contributed by atoms with Gasteiger partial charge in [-0.1, -0.05) is 0 Å². The van der Waals surface area contributed by atoms with E-state index in [1.165, 1.54) is 6.42 Å². The summed E-state index contributed by atoms with van der Waals surface area (Å²) in [6.45, 7) is 4.25. The van der Waals surface area contributed by atoms with Crippen molar-refractivity contribution < 1.29 is 14.3 Å². The van der Waals surface area contributed by atoms with Gasteiger partial charge in [-0.3, -0.25) is 4.79 Å². The Morgan fingerprint density at radius 1 is 1.24 bits per heavy atom. The van der Waals surface area contributed by atoms with Crippen LogP contribution in [0.25, 0.3) is 0 Å². The van der Waals surface area contributed by atoms with Gasteiger partial charge in [-0.25, -0.2) is 0 Å². The summed E-state index contributed by atoms with van der Waals surface area (Å²) in [6.07, 6.45) is 5.22. The van der Waals surface area contributed by atoms with Gasteiger partial charge in [0, 0.05) is 31.7 Å². The summed E-state index contributed by atoms with van der Waals surface area (Å²) in [6, 6.07) is 0. The summed E-state index contributed by atoms with van der Waals surface area (Å²) >= 11 is 0. The molecule has 0 bridgehead atoms. The van der Waals surface area contributed by atoms with Crippen molar-refractivity contribution >= 4 is 5.91 Å². The summed E-state index contributed by atoms with van der Waals surface area (Å²) in [4.78, 5) is 14.2. The van der Waals surface area contributed by atoms with Crippen LogP contribution in [0, 0.1) is 5.41 Å². The number of carbonyl (C=O) groups excluding carboxylic acids is 1. The monoisotopic (exact) mass is 239 g/mol. The van der Waals surface area contributed by atoms with Crippen LogP contribution in [-0.4, -0.2) is 49.8 Å². The molecule has 0 radical (unpaired) electrons. The zero-order valence-electron chi connectivity index (χ0n) is 10.3. The molecule has 4 nitrogen and oxygen atoms in total. The average molecular weight is 239 g/mol. The summed E-state index contributed by atoms with van der Waals surface area (Å²) in [5, 5.41) is 0. The van der Waals surface area contributed by atoms with Gasteiger partial charge in [-0.05, 0) is 32.1 Å². The highest BCUT2D eigenvalue weighted by Crippen LogP contribution is 2.38. The van der Waals surface area contributed by atoms with Gasteiger partial charge in [-0.15, -0.1) is 0 Å². The molecule has 0 N–H and O–H groups in total. The van der Waals surface area contributed by atoms with Crippen molar-refractivity contribution in [2.75, 3.05) is 32.9 Å². The fourth-order valence-electron chi connectivity index (χ4n) is 3.33. The molecule has 3 fully saturated rings. The number of carbonyl (C=O) groups is 1. The molecule has 0 aromatic rings. The molecule has 3 saturated heterocycles. The molecule has 0 unspecified atom stereocenters. The van der Waals surface area contributed by atoms with E-state index in [2.05, 4.69) is 0 Å². The van der Waals surface area contributed by atoms with Gasteiger partial charge in [0.25, 0.3) is 5.91 Å². The average Bonchev–Trinajstić information content (AvgIpc) is 2.99. The maximum Gasteiger partial charge on any atom is 0.251 e. The van der Waals surface area contributed by atoms with E-state index in [1.807, 2.05) is 4.90 Å². The third-order valence-electron chi connectivity index (χ3n) is 4.36. The fraction of sp³-hybridized carbons (Fsp3) is 0.923. The number of ether oxygens (including phenoxy) is 2. The normalized spacial score (nSPS) is 37.9. The van der Waals surface area contributed by atoms with Crippen molar-refractivity contribution in [1.29, 1.82) is 0 Å². The minimum Gasteiger partial charge on any atom is -0.381 e. The van der Waals surface area contributed by atoms with Crippen LogP contribution in [0.5, 0.6) is 0 Å². The lowest BCUT2D eigenvalue weighted by molar-refractivity contribution is -0.140. The molecule has 1 amide bonds. The van der Waals surface area contributed by atoms with Crippen LogP contribution in [0.3, 0.4) is 0 Å². The minimum absolute atomic E-state index is 0.158. The van der Waals surface area contributed by atoms with Gasteiger partial charge >= 0.3 is 0 Å². The zero-order chi connectivity index (χ0) is 11.7. The molecule has 3 rings (SSSR count). The van der Waals surface area contributed by atoms with Crippen LogP contribution < -0.4 is 0 Å². The summed E-state index contributed by atoms with van der Waals surface area (Å²) in [5.74, 6) is 0.213. The second-order valence-electron chi connectivity index (χ2n) is 5.67. The fourth-order valence-corrected chi connectivity index (χ4v) is 3.33. The highest BCUT2D eigenvalue weighted by Gasteiger charge is 2.43. The molecule has 3 heterocycles. The summed E-state index contributed by atoms with van der Waals surface area (Å²) in [7, 11) is 0. The third kappa shape index (κ3) is 2.20. The van der Waals surface area contributed by atoms with Crippen molar-refractivity contribution in [3.63, 3.8) is 0 Å². The Morgan fingerprint density at radius 2 is 2.18 bits per heavy atom. The van der Waals surface area contributed by atoms with Crippen molar-refractivity contribution in [2.24, 2.45) is 5.41 Å². The van der Waals surface area contributed by atoms with E-state index < -0.39 is 0 Å². The number of hydrogen-bond acceptors (Lipinski definition) is 3. The van der Waals surface area contributed by atoms with Gasteiger partial charge < -0.3 is 14.4 Å². The smallest absolute Gasteiger partial charge is 0.251 e. The molecule has 0 aliphatic carbocycles. The molecule has 3 aliphatic heterocycles. The van der Waals surface area contributed by atoms with Gasteiger partial charge in [0.05, 0.1) is 6.61 Å². The molecule has 96 valence electrons.